The summed E-state index contributed by atoms with van der Waals surface area (Å²) in [6.07, 6.45) is 0.864. The molecule has 2 aromatic rings. The van der Waals surface area contributed by atoms with Gasteiger partial charge < -0.3 is 21.7 Å². The summed E-state index contributed by atoms with van der Waals surface area (Å²) in [5.41, 5.74) is 8.63. The molecule has 0 bridgehead atoms. The van der Waals surface area contributed by atoms with E-state index in [4.69, 9.17) is 5.73 Å². The Morgan fingerprint density at radius 1 is 0.962 bits per heavy atom. The van der Waals surface area contributed by atoms with Crippen LogP contribution in [-0.2, 0) is 11.2 Å². The summed E-state index contributed by atoms with van der Waals surface area (Å²) in [5, 5.41) is 8.33. The van der Waals surface area contributed by atoms with Crippen LogP contribution in [0.25, 0.3) is 0 Å². The number of benzene rings is 2. The number of hydrogen-bond donors (Lipinski definition) is 4. The van der Waals surface area contributed by atoms with Crippen molar-refractivity contribution in [3.05, 3.63) is 54.1 Å². The predicted molar refractivity (Wildman–Crippen MR) is 109 cm³/mol. The molecule has 0 atom stereocenters. The van der Waals surface area contributed by atoms with E-state index in [1.165, 1.54) is 0 Å². The summed E-state index contributed by atoms with van der Waals surface area (Å²) >= 11 is 0. The van der Waals surface area contributed by atoms with Crippen molar-refractivity contribution in [2.24, 2.45) is 0 Å². The lowest BCUT2D eigenvalue weighted by Crippen LogP contribution is -2.34. The number of anilines is 3. The Bertz CT molecular complexity index is 750. The molecular formula is C19H25ClN4O2. The highest BCUT2D eigenvalue weighted by Crippen LogP contribution is 2.21. The molecule has 2 aromatic carbocycles. The van der Waals surface area contributed by atoms with Gasteiger partial charge in [-0.15, -0.1) is 12.4 Å². The summed E-state index contributed by atoms with van der Waals surface area (Å²) in [7, 11) is 0. The van der Waals surface area contributed by atoms with Crippen LogP contribution in [0.15, 0.2) is 48.5 Å². The Labute approximate surface area is 160 Å². The zero-order valence-electron chi connectivity index (χ0n) is 14.9. The van der Waals surface area contributed by atoms with Crippen molar-refractivity contribution in [2.75, 3.05) is 16.4 Å². The quantitative estimate of drug-likeness (QED) is 0.577. The first-order valence-corrected chi connectivity index (χ1v) is 8.25. The second-order valence-corrected chi connectivity index (χ2v) is 6.05. The molecule has 0 spiro atoms. The first kappa shape index (κ1) is 21.3. The standard InChI is InChI=1S/C19H24N4O2.ClH/c1-13(2)21-19(25)23-17-10-6-5-9-16(17)22-18(24)12-11-14-7-3-4-8-15(14)20;/h3-10,13H,11-12,20H2,1-2H3,(H,22,24)(H2,21,23,25);1H. The average molecular weight is 377 g/mol. The van der Waals surface area contributed by atoms with Gasteiger partial charge in [-0.3, -0.25) is 4.79 Å². The monoisotopic (exact) mass is 376 g/mol. The van der Waals surface area contributed by atoms with E-state index in [1.54, 1.807) is 24.3 Å². The minimum atomic E-state index is -0.311. The molecule has 0 aliphatic carbocycles. The number of para-hydroxylation sites is 3. The predicted octanol–water partition coefficient (Wildman–Crippen LogP) is 3.79. The number of carbonyl (C=O) groups excluding carboxylic acids is 2. The van der Waals surface area contributed by atoms with Gasteiger partial charge in [0, 0.05) is 18.2 Å². The minimum Gasteiger partial charge on any atom is -0.399 e. The van der Waals surface area contributed by atoms with Crippen LogP contribution in [0.4, 0.5) is 21.9 Å². The highest BCUT2D eigenvalue weighted by Gasteiger charge is 2.10. The average Bonchev–Trinajstić information content (AvgIpc) is 2.55. The largest absolute Gasteiger partial charge is 0.399 e. The van der Waals surface area contributed by atoms with Gasteiger partial charge in [0.1, 0.15) is 0 Å². The van der Waals surface area contributed by atoms with Gasteiger partial charge in [-0.1, -0.05) is 30.3 Å². The molecule has 26 heavy (non-hydrogen) atoms. The van der Waals surface area contributed by atoms with E-state index in [2.05, 4.69) is 16.0 Å². The van der Waals surface area contributed by atoms with Gasteiger partial charge in [0.15, 0.2) is 0 Å². The fourth-order valence-corrected chi connectivity index (χ4v) is 2.34. The lowest BCUT2D eigenvalue weighted by Gasteiger charge is -2.14. The Morgan fingerprint density at radius 3 is 2.15 bits per heavy atom. The van der Waals surface area contributed by atoms with Crippen molar-refractivity contribution in [1.29, 1.82) is 0 Å². The molecule has 3 amide bonds. The fraction of sp³-hybridized carbons (Fsp3) is 0.263. The summed E-state index contributed by atoms with van der Waals surface area (Å²) in [6, 6.07) is 14.3. The van der Waals surface area contributed by atoms with Gasteiger partial charge in [-0.25, -0.2) is 4.79 Å². The maximum Gasteiger partial charge on any atom is 0.319 e. The molecule has 0 aliphatic heterocycles. The molecule has 0 radical (unpaired) electrons. The molecule has 0 aliphatic rings. The number of hydrogen-bond acceptors (Lipinski definition) is 3. The van der Waals surface area contributed by atoms with Crippen LogP contribution in [0.3, 0.4) is 0 Å². The Morgan fingerprint density at radius 2 is 1.54 bits per heavy atom. The molecule has 0 saturated heterocycles. The van der Waals surface area contributed by atoms with Gasteiger partial charge >= 0.3 is 6.03 Å². The molecule has 0 saturated carbocycles. The topological polar surface area (TPSA) is 96.2 Å². The molecule has 6 nitrogen and oxygen atoms in total. The number of aryl methyl sites for hydroxylation is 1. The smallest absolute Gasteiger partial charge is 0.319 e. The van der Waals surface area contributed by atoms with Crippen molar-refractivity contribution >= 4 is 41.4 Å². The lowest BCUT2D eigenvalue weighted by molar-refractivity contribution is -0.116. The lowest BCUT2D eigenvalue weighted by atomic mass is 10.1. The van der Waals surface area contributed by atoms with Crippen molar-refractivity contribution in [3.63, 3.8) is 0 Å². The van der Waals surface area contributed by atoms with E-state index in [1.807, 2.05) is 38.1 Å². The van der Waals surface area contributed by atoms with Gasteiger partial charge in [-0.05, 0) is 44.0 Å². The minimum absolute atomic E-state index is 0. The van der Waals surface area contributed by atoms with E-state index >= 15 is 0 Å². The maximum atomic E-state index is 12.2. The molecular weight excluding hydrogens is 352 g/mol. The Hall–Kier alpha value is -2.73. The SMILES string of the molecule is CC(C)NC(=O)Nc1ccccc1NC(=O)CCc1ccccc1N.Cl. The zero-order chi connectivity index (χ0) is 18.2. The molecule has 0 unspecified atom stereocenters. The van der Waals surface area contributed by atoms with Crippen LogP contribution in [0.2, 0.25) is 0 Å². The molecule has 2 rings (SSSR count). The van der Waals surface area contributed by atoms with Gasteiger partial charge in [0.05, 0.1) is 11.4 Å². The Kier molecular flexibility index (Phi) is 8.45. The number of rotatable bonds is 6. The molecule has 0 aromatic heterocycles. The van der Waals surface area contributed by atoms with Crippen molar-refractivity contribution in [1.82, 2.24) is 5.32 Å². The van der Waals surface area contributed by atoms with Crippen molar-refractivity contribution in [3.8, 4) is 0 Å². The third kappa shape index (κ3) is 6.64. The number of nitrogens with one attached hydrogen (secondary N) is 3. The van der Waals surface area contributed by atoms with Gasteiger partial charge in [0.2, 0.25) is 5.91 Å². The van der Waals surface area contributed by atoms with Gasteiger partial charge in [-0.2, -0.15) is 0 Å². The number of nitrogen functional groups attached to an aromatic ring is 1. The highest BCUT2D eigenvalue weighted by atomic mass is 35.5. The normalized spacial score (nSPS) is 9.96. The van der Waals surface area contributed by atoms with Gasteiger partial charge in [0.25, 0.3) is 0 Å². The Balaban J connectivity index is 0.00000338. The van der Waals surface area contributed by atoms with E-state index < -0.39 is 0 Å². The van der Waals surface area contributed by atoms with E-state index in [9.17, 15) is 9.59 Å². The van der Waals surface area contributed by atoms with Crippen molar-refractivity contribution < 1.29 is 9.59 Å². The van der Waals surface area contributed by atoms with Crippen LogP contribution < -0.4 is 21.7 Å². The number of amides is 3. The summed E-state index contributed by atoms with van der Waals surface area (Å²) in [5.74, 6) is -0.137. The fourth-order valence-electron chi connectivity index (χ4n) is 2.34. The first-order valence-electron chi connectivity index (χ1n) is 8.25. The van der Waals surface area contributed by atoms with Crippen LogP contribution in [0, 0.1) is 0 Å². The molecule has 0 heterocycles. The van der Waals surface area contributed by atoms with Crippen LogP contribution in [0.5, 0.6) is 0 Å². The van der Waals surface area contributed by atoms with E-state index in [-0.39, 0.29) is 30.4 Å². The molecule has 7 heteroatoms. The van der Waals surface area contributed by atoms with E-state index in [0.717, 1.165) is 5.56 Å². The second-order valence-electron chi connectivity index (χ2n) is 6.05. The van der Waals surface area contributed by atoms with Crippen LogP contribution in [0.1, 0.15) is 25.8 Å². The first-order chi connectivity index (χ1) is 12.0. The second kappa shape index (κ2) is 10.3. The van der Waals surface area contributed by atoms with Crippen molar-refractivity contribution in [2.45, 2.75) is 32.7 Å². The summed E-state index contributed by atoms with van der Waals surface area (Å²) in [6.45, 7) is 3.76. The van der Waals surface area contributed by atoms with Crippen LogP contribution in [-0.4, -0.2) is 18.0 Å². The maximum absolute atomic E-state index is 12.2. The molecule has 0 fully saturated rings. The zero-order valence-corrected chi connectivity index (χ0v) is 15.7. The number of urea groups is 1. The number of carbonyl (C=O) groups is 2. The number of nitrogens with two attached hydrogens (primary N) is 1. The highest BCUT2D eigenvalue weighted by molar-refractivity contribution is 5.99. The van der Waals surface area contributed by atoms with Crippen LogP contribution >= 0.6 is 12.4 Å². The molecule has 140 valence electrons. The summed E-state index contributed by atoms with van der Waals surface area (Å²) in [4.78, 5) is 24.1. The third-order valence-corrected chi connectivity index (χ3v) is 3.55. The van der Waals surface area contributed by atoms with E-state index in [0.29, 0.717) is 29.9 Å². The summed E-state index contributed by atoms with van der Waals surface area (Å²) < 4.78 is 0. The molecule has 5 N–H and O–H groups in total. The number of halogens is 1. The third-order valence-electron chi connectivity index (χ3n) is 3.55.